The van der Waals surface area contributed by atoms with Crippen molar-refractivity contribution in [3.05, 3.63) is 95.1 Å². The summed E-state index contributed by atoms with van der Waals surface area (Å²) in [6.07, 6.45) is 4.18. The Labute approximate surface area is 513 Å². The molecule has 6 aliphatic rings. The molecule has 0 saturated carbocycles. The molecule has 6 aliphatic heterocycles. The van der Waals surface area contributed by atoms with E-state index >= 15 is 9.59 Å². The number of likely N-dealkylation sites (tertiary alicyclic amines) is 2. The van der Waals surface area contributed by atoms with Crippen molar-refractivity contribution in [2.45, 2.75) is 126 Å². The Balaban J connectivity index is 0.914. The molecule has 3 aromatic carbocycles. The zero-order chi connectivity index (χ0) is 63.2. The summed E-state index contributed by atoms with van der Waals surface area (Å²) < 4.78 is 64.3. The first-order valence-electron chi connectivity index (χ1n) is 30.1. The highest BCUT2D eigenvalue weighted by Gasteiger charge is 2.48. The largest absolute Gasteiger partial charge is 0.493 e. The van der Waals surface area contributed by atoms with Gasteiger partial charge < -0.3 is 61.8 Å². The van der Waals surface area contributed by atoms with Crippen LogP contribution in [0, 0.1) is 11.8 Å². The Bertz CT molecular complexity index is 3110. The number of carbonyl (C=O) groups excluding carboxylic acids is 8. The van der Waals surface area contributed by atoms with Crippen LogP contribution in [0.2, 0.25) is 0 Å². The number of nitrogens with one attached hydrogen (secondary N) is 8. The highest BCUT2D eigenvalue weighted by Crippen LogP contribution is 2.35. The van der Waals surface area contributed by atoms with Gasteiger partial charge in [-0.2, -0.15) is 0 Å². The lowest BCUT2D eigenvalue weighted by Crippen LogP contribution is -2.59. The Morgan fingerprint density at radius 2 is 0.852 bits per heavy atom. The molecule has 8 N–H and O–H groups in total. The van der Waals surface area contributed by atoms with Gasteiger partial charge in [-0.3, -0.25) is 38.4 Å². The van der Waals surface area contributed by atoms with Gasteiger partial charge in [0.1, 0.15) is 35.7 Å². The molecule has 88 heavy (non-hydrogen) atoms. The van der Waals surface area contributed by atoms with Gasteiger partial charge in [-0.1, -0.05) is 36.4 Å². The van der Waals surface area contributed by atoms with Gasteiger partial charge >= 0.3 is 0 Å². The van der Waals surface area contributed by atoms with E-state index in [0.29, 0.717) is 37.6 Å². The number of sulfonamides is 2. The molecular formula is C60H82N12O14S2. The van der Waals surface area contributed by atoms with Gasteiger partial charge in [0.05, 0.1) is 49.9 Å². The van der Waals surface area contributed by atoms with Crippen LogP contribution in [0.1, 0.15) is 109 Å². The molecule has 10 atom stereocenters. The Hall–Kier alpha value is -7.24. The Kier molecular flexibility index (Phi) is 20.8. The van der Waals surface area contributed by atoms with Crippen LogP contribution in [0.4, 0.5) is 0 Å². The normalized spacial score (nSPS) is 24.2. The maximum absolute atomic E-state index is 15.1. The van der Waals surface area contributed by atoms with Crippen LogP contribution in [0.5, 0.6) is 11.5 Å². The molecule has 0 radical (unpaired) electrons. The van der Waals surface area contributed by atoms with Crippen molar-refractivity contribution in [3.63, 3.8) is 0 Å². The highest BCUT2D eigenvalue weighted by molar-refractivity contribution is 7.88. The Morgan fingerprint density at radius 3 is 1.19 bits per heavy atom. The van der Waals surface area contributed by atoms with Gasteiger partial charge in [0.25, 0.3) is 11.8 Å². The molecular weight excluding hydrogens is 1180 g/mol. The van der Waals surface area contributed by atoms with Crippen LogP contribution in [-0.4, -0.2) is 210 Å². The summed E-state index contributed by atoms with van der Waals surface area (Å²) in [5, 5.41) is 23.8. The predicted molar refractivity (Wildman–Crippen MR) is 323 cm³/mol. The minimum atomic E-state index is -3.53. The molecule has 0 bridgehead atoms. The fourth-order valence-corrected chi connectivity index (χ4v) is 14.5. The van der Waals surface area contributed by atoms with E-state index in [2.05, 4.69) is 42.5 Å². The van der Waals surface area contributed by atoms with Crippen LogP contribution >= 0.6 is 0 Å². The van der Waals surface area contributed by atoms with Gasteiger partial charge in [-0.15, -0.1) is 0 Å². The topological polar surface area (TPSA) is 332 Å². The smallest absolute Gasteiger partial charge is 0.251 e. The van der Waals surface area contributed by atoms with E-state index in [1.807, 2.05) is 48.5 Å². The van der Waals surface area contributed by atoms with Gasteiger partial charge in [-0.25, -0.2) is 25.4 Å². The van der Waals surface area contributed by atoms with Crippen LogP contribution in [0.25, 0.3) is 0 Å². The van der Waals surface area contributed by atoms with Crippen LogP contribution < -0.4 is 52.0 Å². The maximum atomic E-state index is 15.1. The lowest BCUT2D eigenvalue weighted by molar-refractivity contribution is -0.143. The summed E-state index contributed by atoms with van der Waals surface area (Å²) in [5.41, 5.74) is 1.83. The molecule has 0 aromatic heterocycles. The van der Waals surface area contributed by atoms with Crippen LogP contribution in [0.15, 0.2) is 72.8 Å². The van der Waals surface area contributed by atoms with Crippen molar-refractivity contribution < 1.29 is 64.7 Å². The molecule has 26 nitrogen and oxygen atoms in total. The molecule has 0 unspecified atom stereocenters. The first-order chi connectivity index (χ1) is 41.9. The van der Waals surface area contributed by atoms with E-state index in [1.165, 1.54) is 42.7 Å². The molecule has 6 heterocycles. The van der Waals surface area contributed by atoms with E-state index in [-0.39, 0.29) is 88.9 Å². The lowest BCUT2D eigenvalue weighted by atomic mass is 9.88. The third-order valence-electron chi connectivity index (χ3n) is 18.1. The zero-order valence-corrected chi connectivity index (χ0v) is 52.1. The average Bonchev–Trinajstić information content (AvgIpc) is 2.21. The number of nitrogens with zero attached hydrogens (tertiary/aromatic N) is 4. The number of benzene rings is 3. The summed E-state index contributed by atoms with van der Waals surface area (Å²) in [6.45, 7) is 4.22. The number of carbonyl (C=O) groups is 8. The van der Waals surface area contributed by atoms with Crippen molar-refractivity contribution in [1.82, 2.24) is 60.9 Å². The number of hydrogen-bond donors (Lipinski definition) is 8. The number of ether oxygens (including phenoxy) is 2. The van der Waals surface area contributed by atoms with Gasteiger partial charge in [-0.05, 0) is 115 Å². The summed E-state index contributed by atoms with van der Waals surface area (Å²) in [6, 6.07) is 12.1. The minimum Gasteiger partial charge on any atom is -0.493 e. The second-order valence-electron chi connectivity index (χ2n) is 23.9. The zero-order valence-electron chi connectivity index (χ0n) is 50.5. The van der Waals surface area contributed by atoms with Gasteiger partial charge in [0.15, 0.2) is 0 Å². The second kappa shape index (κ2) is 28.1. The number of para-hydroxylation sites is 2. The summed E-state index contributed by atoms with van der Waals surface area (Å²) in [5.74, 6) is -3.88. The van der Waals surface area contributed by atoms with Crippen molar-refractivity contribution in [1.29, 1.82) is 0 Å². The third kappa shape index (κ3) is 15.2. The van der Waals surface area contributed by atoms with E-state index < -0.39 is 140 Å². The van der Waals surface area contributed by atoms with E-state index in [4.69, 9.17) is 9.47 Å². The minimum absolute atomic E-state index is 0.00169. The number of piperidine rings is 2. The number of amides is 8. The first kappa shape index (κ1) is 65.2. The highest BCUT2D eigenvalue weighted by atomic mass is 32.2. The lowest BCUT2D eigenvalue weighted by Gasteiger charge is -2.37. The first-order valence-corrected chi connectivity index (χ1v) is 33.8. The average molecular weight is 1260 g/mol. The number of likely N-dealkylation sites (N-methyl/N-ethyl adjacent to an activating group) is 2. The van der Waals surface area contributed by atoms with Gasteiger partial charge in [0, 0.05) is 86.4 Å². The third-order valence-corrected chi connectivity index (χ3v) is 20.7. The van der Waals surface area contributed by atoms with Crippen LogP contribution in [-0.2, 0) is 48.8 Å². The molecule has 9 rings (SSSR count). The molecule has 4 fully saturated rings. The second-order valence-corrected chi connectivity index (χ2v) is 27.8. The van der Waals surface area contributed by atoms with Crippen molar-refractivity contribution in [2.24, 2.45) is 11.8 Å². The fraction of sp³-hybridized carbons (Fsp3) is 0.567. The fourth-order valence-electron chi connectivity index (χ4n) is 12.7. The number of fused-ring (bicyclic) bond motifs is 2. The number of rotatable bonds is 20. The van der Waals surface area contributed by atoms with E-state index in [9.17, 15) is 45.6 Å². The molecule has 478 valence electrons. The standard InChI is InChI=1S/C60H82N12O14S2/c1-35(61-3)53(73)67-51(37-19-25-69(26-20-37)87(5,81)82)59(79)71-33-41(31-47(71)57(77)65-45-23-29-85-49-13-9-7-11-43(45)49)63-55(75)39-15-17-40(18-16-39)56(76)64-42-32-48(58(78)66-46-24-30-86-50-14-10-8-12-44(46)50)72(34-42)60(80)52(68-54(74)36(2)62-4)38-21-27-70(28-22-38)88(6,83)84/h7-18,35-38,41-42,45-48,51-52,61-62H,19-34H2,1-6H3,(H,63,75)(H,64,76)(H,65,77)(H,66,78)(H,67,73)(H,68,74)/t35-,36-,41-,42-,45+,46+,47-,48-,51-,52-/m0/s1. The summed E-state index contributed by atoms with van der Waals surface area (Å²) in [7, 11) is -3.85. The van der Waals surface area contributed by atoms with E-state index in [1.54, 1.807) is 27.9 Å². The molecule has 0 spiro atoms. The molecule has 0 aliphatic carbocycles. The summed E-state index contributed by atoms with van der Waals surface area (Å²) in [4.78, 5) is 117. The Morgan fingerprint density at radius 1 is 0.500 bits per heavy atom. The maximum Gasteiger partial charge on any atom is 0.251 e. The van der Waals surface area contributed by atoms with Crippen molar-refractivity contribution in [2.75, 3.05) is 79.1 Å². The molecule has 4 saturated heterocycles. The van der Waals surface area contributed by atoms with E-state index in [0.717, 1.165) is 23.6 Å². The van der Waals surface area contributed by atoms with Crippen LogP contribution in [0.3, 0.4) is 0 Å². The SMILES string of the molecule is CN[C@@H](C)C(=O)N[C@H](C(=O)N1C[C@@H](NC(=O)c2ccc(C(=O)N[C@H]3C[C@@H](C(=O)N[C@@H]4CCOc5ccccc54)N(C(=O)[C@@H](NC(=O)[C@H](C)NC)C4CCN(S(C)(=O)=O)CC4)C3)cc2)C[C@H]1C(=O)N[C@@H]1CCOc2ccccc21)C1CCN(S(C)(=O)=O)CC1. The van der Waals surface area contributed by atoms with Gasteiger partial charge in [0.2, 0.25) is 55.5 Å². The van der Waals surface area contributed by atoms with Crippen molar-refractivity contribution >= 4 is 67.3 Å². The predicted octanol–water partition coefficient (Wildman–Crippen LogP) is -0.106. The molecule has 8 amide bonds. The molecule has 28 heteroatoms. The monoisotopic (exact) mass is 1260 g/mol. The quantitative estimate of drug-likeness (QED) is 0.0732. The molecule has 3 aromatic rings. The van der Waals surface area contributed by atoms with Crippen molar-refractivity contribution in [3.8, 4) is 11.5 Å². The number of hydrogen-bond acceptors (Lipinski definition) is 16. The summed E-state index contributed by atoms with van der Waals surface area (Å²) >= 11 is 0.